The number of benzene rings is 1. The van der Waals surface area contributed by atoms with Gasteiger partial charge < -0.3 is 15.0 Å². The zero-order valence-electron chi connectivity index (χ0n) is 9.56. The van der Waals surface area contributed by atoms with Crippen LogP contribution < -0.4 is 10.5 Å². The first-order valence-corrected chi connectivity index (χ1v) is 5.42. The maximum atomic E-state index is 13.6. The number of imidazole rings is 1. The van der Waals surface area contributed by atoms with E-state index in [4.69, 9.17) is 10.5 Å². The summed E-state index contributed by atoms with van der Waals surface area (Å²) in [5.74, 6) is -0.276. The van der Waals surface area contributed by atoms with Gasteiger partial charge in [-0.1, -0.05) is 6.07 Å². The van der Waals surface area contributed by atoms with Crippen molar-refractivity contribution in [1.29, 1.82) is 0 Å². The molecule has 17 heavy (non-hydrogen) atoms. The van der Waals surface area contributed by atoms with Crippen molar-refractivity contribution in [2.24, 2.45) is 5.73 Å². The molecule has 0 aliphatic carbocycles. The minimum Gasteiger partial charge on any atom is -0.422 e. The Hall–Kier alpha value is -1.88. The van der Waals surface area contributed by atoms with Crippen LogP contribution in [0.1, 0.15) is 12.5 Å². The third-order valence-electron chi connectivity index (χ3n) is 2.45. The molecule has 2 aromatic rings. The standard InChI is InChI=1S/C12H14FN3O/c1-2-16-6-5-15-12(16)17-11-4-3-9(8-14)7-10(11)13/h3-7H,2,8,14H2,1H3. The molecule has 0 aliphatic rings. The van der Waals surface area contributed by atoms with Gasteiger partial charge in [0.25, 0.3) is 0 Å². The topological polar surface area (TPSA) is 53.1 Å². The molecule has 0 saturated carbocycles. The Labute approximate surface area is 98.8 Å². The highest BCUT2D eigenvalue weighted by Gasteiger charge is 2.09. The summed E-state index contributed by atoms with van der Waals surface area (Å²) in [6, 6.07) is 5.05. The zero-order valence-corrected chi connectivity index (χ0v) is 9.56. The second-order valence-electron chi connectivity index (χ2n) is 3.57. The van der Waals surface area contributed by atoms with Crippen LogP contribution in [0.4, 0.5) is 4.39 Å². The Morgan fingerprint density at radius 3 is 2.94 bits per heavy atom. The van der Waals surface area contributed by atoms with Gasteiger partial charge in [0.05, 0.1) is 0 Å². The minimum absolute atomic E-state index is 0.156. The van der Waals surface area contributed by atoms with Gasteiger partial charge in [-0.15, -0.1) is 0 Å². The molecule has 0 aliphatic heterocycles. The van der Waals surface area contributed by atoms with Crippen LogP contribution in [0.15, 0.2) is 30.6 Å². The van der Waals surface area contributed by atoms with Crippen LogP contribution in [0.2, 0.25) is 0 Å². The van der Waals surface area contributed by atoms with Gasteiger partial charge in [0, 0.05) is 25.5 Å². The van der Waals surface area contributed by atoms with Crippen LogP contribution in [0.25, 0.3) is 0 Å². The molecule has 1 heterocycles. The van der Waals surface area contributed by atoms with Crippen LogP contribution in [0.3, 0.4) is 0 Å². The number of aromatic nitrogens is 2. The summed E-state index contributed by atoms with van der Waals surface area (Å²) in [5.41, 5.74) is 6.16. The van der Waals surface area contributed by atoms with Gasteiger partial charge >= 0.3 is 6.01 Å². The van der Waals surface area contributed by atoms with Crippen molar-refractivity contribution in [2.75, 3.05) is 0 Å². The lowest BCUT2D eigenvalue weighted by Gasteiger charge is -2.08. The van der Waals surface area contributed by atoms with Crippen molar-refractivity contribution in [3.05, 3.63) is 42.0 Å². The molecule has 0 spiro atoms. The van der Waals surface area contributed by atoms with E-state index in [1.165, 1.54) is 6.07 Å². The summed E-state index contributed by atoms with van der Waals surface area (Å²) in [5, 5.41) is 0. The average Bonchev–Trinajstić information content (AvgIpc) is 2.79. The van der Waals surface area contributed by atoms with Crippen molar-refractivity contribution >= 4 is 0 Å². The van der Waals surface area contributed by atoms with Crippen LogP contribution in [-0.4, -0.2) is 9.55 Å². The molecule has 4 nitrogen and oxygen atoms in total. The minimum atomic E-state index is -0.432. The van der Waals surface area contributed by atoms with Crippen LogP contribution in [0, 0.1) is 5.82 Å². The molecule has 1 aromatic carbocycles. The van der Waals surface area contributed by atoms with Gasteiger partial charge in [0.2, 0.25) is 0 Å². The fourth-order valence-electron chi connectivity index (χ4n) is 1.49. The lowest BCUT2D eigenvalue weighted by atomic mass is 10.2. The second-order valence-corrected chi connectivity index (χ2v) is 3.57. The Kier molecular flexibility index (Phi) is 3.39. The molecule has 2 N–H and O–H groups in total. The summed E-state index contributed by atoms with van der Waals surface area (Å²) in [7, 11) is 0. The highest BCUT2D eigenvalue weighted by atomic mass is 19.1. The van der Waals surface area contributed by atoms with E-state index in [9.17, 15) is 4.39 Å². The Morgan fingerprint density at radius 2 is 2.29 bits per heavy atom. The Morgan fingerprint density at radius 1 is 1.47 bits per heavy atom. The predicted octanol–water partition coefficient (Wildman–Crippen LogP) is 2.29. The molecule has 90 valence electrons. The first-order chi connectivity index (χ1) is 8.24. The molecule has 2 rings (SSSR count). The highest BCUT2D eigenvalue weighted by molar-refractivity contribution is 5.31. The van der Waals surface area contributed by atoms with E-state index >= 15 is 0 Å². The molecular formula is C12H14FN3O. The van der Waals surface area contributed by atoms with Gasteiger partial charge in [-0.2, -0.15) is 0 Å². The summed E-state index contributed by atoms with van der Waals surface area (Å²) >= 11 is 0. The van der Waals surface area contributed by atoms with E-state index in [0.717, 1.165) is 12.1 Å². The van der Waals surface area contributed by atoms with Crippen LogP contribution in [-0.2, 0) is 13.1 Å². The molecular weight excluding hydrogens is 221 g/mol. The van der Waals surface area contributed by atoms with E-state index in [2.05, 4.69) is 4.98 Å². The van der Waals surface area contributed by atoms with Gasteiger partial charge in [-0.25, -0.2) is 9.37 Å². The van der Waals surface area contributed by atoms with Crippen molar-refractivity contribution < 1.29 is 9.13 Å². The highest BCUT2D eigenvalue weighted by Crippen LogP contribution is 2.23. The largest absolute Gasteiger partial charge is 0.422 e. The molecule has 0 bridgehead atoms. The molecule has 0 amide bonds. The number of halogens is 1. The number of nitrogens with zero attached hydrogens (tertiary/aromatic N) is 2. The van der Waals surface area contributed by atoms with Crippen molar-refractivity contribution in [3.8, 4) is 11.8 Å². The number of hydrogen-bond acceptors (Lipinski definition) is 3. The number of ether oxygens (including phenoxy) is 1. The van der Waals surface area contributed by atoms with Crippen LogP contribution in [0.5, 0.6) is 11.8 Å². The van der Waals surface area contributed by atoms with Crippen LogP contribution >= 0.6 is 0 Å². The number of hydrogen-bond donors (Lipinski definition) is 1. The molecule has 0 fully saturated rings. The molecule has 0 saturated heterocycles. The summed E-state index contributed by atoms with van der Waals surface area (Å²) in [4.78, 5) is 4.02. The first kappa shape index (κ1) is 11.6. The third kappa shape index (κ3) is 2.45. The zero-order chi connectivity index (χ0) is 12.3. The van der Waals surface area contributed by atoms with Crippen molar-refractivity contribution in [1.82, 2.24) is 9.55 Å². The second kappa shape index (κ2) is 4.97. The molecule has 0 radical (unpaired) electrons. The fourth-order valence-corrected chi connectivity index (χ4v) is 1.49. The van der Waals surface area contributed by atoms with E-state index in [1.54, 1.807) is 29.1 Å². The first-order valence-electron chi connectivity index (χ1n) is 5.42. The van der Waals surface area contributed by atoms with Gasteiger partial charge in [0.15, 0.2) is 11.6 Å². The van der Waals surface area contributed by atoms with E-state index in [-0.39, 0.29) is 5.75 Å². The normalized spacial score (nSPS) is 10.5. The van der Waals surface area contributed by atoms with Gasteiger partial charge in [-0.05, 0) is 24.6 Å². The van der Waals surface area contributed by atoms with E-state index < -0.39 is 5.82 Å². The maximum Gasteiger partial charge on any atom is 0.301 e. The van der Waals surface area contributed by atoms with Crippen molar-refractivity contribution in [3.63, 3.8) is 0 Å². The molecule has 0 unspecified atom stereocenters. The van der Waals surface area contributed by atoms with Crippen molar-refractivity contribution in [2.45, 2.75) is 20.0 Å². The SMILES string of the molecule is CCn1ccnc1Oc1ccc(CN)cc1F. The Bertz CT molecular complexity index is 510. The summed E-state index contributed by atoms with van der Waals surface area (Å²) < 4.78 is 20.8. The molecule has 1 aromatic heterocycles. The lowest BCUT2D eigenvalue weighted by molar-refractivity contribution is 0.390. The third-order valence-corrected chi connectivity index (χ3v) is 2.45. The number of rotatable bonds is 4. The average molecular weight is 235 g/mol. The number of aryl methyl sites for hydroxylation is 1. The van der Waals surface area contributed by atoms with Gasteiger partial charge in [0.1, 0.15) is 0 Å². The Balaban J connectivity index is 2.24. The summed E-state index contributed by atoms with van der Waals surface area (Å²) in [6.07, 6.45) is 3.40. The monoisotopic (exact) mass is 235 g/mol. The number of nitrogens with two attached hydrogens (primary N) is 1. The van der Waals surface area contributed by atoms with E-state index in [1.807, 2.05) is 6.92 Å². The van der Waals surface area contributed by atoms with Gasteiger partial charge in [-0.3, -0.25) is 0 Å². The smallest absolute Gasteiger partial charge is 0.301 e. The predicted molar refractivity (Wildman–Crippen MR) is 62.3 cm³/mol. The maximum absolute atomic E-state index is 13.6. The lowest BCUT2D eigenvalue weighted by Crippen LogP contribution is -2.00. The quantitative estimate of drug-likeness (QED) is 0.884. The summed E-state index contributed by atoms with van der Waals surface area (Å²) in [6.45, 7) is 2.99. The van der Waals surface area contributed by atoms with E-state index in [0.29, 0.717) is 12.6 Å². The molecule has 5 heteroatoms. The molecule has 0 atom stereocenters. The fraction of sp³-hybridized carbons (Fsp3) is 0.250.